The summed E-state index contributed by atoms with van der Waals surface area (Å²) < 4.78 is 5.40. The van der Waals surface area contributed by atoms with Gasteiger partial charge in [-0.2, -0.15) is 0 Å². The lowest BCUT2D eigenvalue weighted by molar-refractivity contribution is -0.138. The lowest BCUT2D eigenvalue weighted by atomic mass is 9.89. The van der Waals surface area contributed by atoms with Crippen molar-refractivity contribution in [2.75, 3.05) is 4.90 Å². The fraction of sp³-hybridized carbons (Fsp3) is 0.200. The molecule has 0 fully saturated rings. The number of nitrogens with zero attached hydrogens (tertiary/aromatic N) is 1. The van der Waals surface area contributed by atoms with Gasteiger partial charge in [0.1, 0.15) is 11.6 Å². The molecule has 1 N–H and O–H groups in total. The number of ether oxygens (including phenoxy) is 1. The van der Waals surface area contributed by atoms with Gasteiger partial charge >= 0.3 is 5.97 Å². The first-order valence-corrected chi connectivity index (χ1v) is 8.17. The number of nitrogens with one attached hydrogen (secondary N) is 1. The first kappa shape index (κ1) is 15.4. The molecule has 25 heavy (non-hydrogen) atoms. The zero-order valence-electron chi connectivity index (χ0n) is 14.0. The van der Waals surface area contributed by atoms with Gasteiger partial charge in [0.2, 0.25) is 5.88 Å². The second-order valence-corrected chi connectivity index (χ2v) is 6.67. The molecule has 1 atom stereocenters. The van der Waals surface area contributed by atoms with Crippen molar-refractivity contribution in [3.8, 4) is 0 Å². The molecule has 2 heterocycles. The van der Waals surface area contributed by atoms with Crippen LogP contribution < -0.4 is 10.2 Å². The molecule has 1 unspecified atom stereocenters. The molecule has 0 spiro atoms. The number of para-hydroxylation sites is 1. The molecular weight excluding hydrogens is 316 g/mol. The molecule has 5 nitrogen and oxygen atoms in total. The number of hydrogen-bond acceptors (Lipinski definition) is 4. The molecule has 5 heteroatoms. The molecule has 126 valence electrons. The standard InChI is InChI=1S/C20H18N2O3/c1-20(2)21-17-16(18(23)22(20)14-11-7-4-8-12-14)15(19(24)25-17)13-9-5-3-6-10-13/h3-12,15,21H,1-2H3. The maximum atomic E-state index is 13.3. The Hall–Kier alpha value is -3.08. The van der Waals surface area contributed by atoms with E-state index in [2.05, 4.69) is 5.32 Å². The molecule has 0 saturated heterocycles. The van der Waals surface area contributed by atoms with Crippen molar-refractivity contribution in [1.29, 1.82) is 0 Å². The van der Waals surface area contributed by atoms with Gasteiger partial charge in [0, 0.05) is 5.69 Å². The topological polar surface area (TPSA) is 58.6 Å². The average molecular weight is 334 g/mol. The molecule has 0 radical (unpaired) electrons. The van der Waals surface area contributed by atoms with Crippen LogP contribution >= 0.6 is 0 Å². The monoisotopic (exact) mass is 334 g/mol. The van der Waals surface area contributed by atoms with E-state index < -0.39 is 17.6 Å². The van der Waals surface area contributed by atoms with Crippen LogP contribution in [0.5, 0.6) is 0 Å². The summed E-state index contributed by atoms with van der Waals surface area (Å²) in [6.07, 6.45) is 0. The minimum Gasteiger partial charge on any atom is -0.409 e. The number of benzene rings is 2. The van der Waals surface area contributed by atoms with E-state index >= 15 is 0 Å². The molecule has 2 aliphatic rings. The highest BCUT2D eigenvalue weighted by Gasteiger charge is 2.50. The van der Waals surface area contributed by atoms with Gasteiger partial charge in [-0.05, 0) is 31.5 Å². The summed E-state index contributed by atoms with van der Waals surface area (Å²) >= 11 is 0. The fourth-order valence-corrected chi connectivity index (χ4v) is 3.45. The predicted octanol–water partition coefficient (Wildman–Crippen LogP) is 2.91. The number of carbonyl (C=O) groups excluding carboxylic acids is 2. The summed E-state index contributed by atoms with van der Waals surface area (Å²) in [6, 6.07) is 18.7. The van der Waals surface area contributed by atoms with Crippen LogP contribution in [-0.2, 0) is 14.3 Å². The van der Waals surface area contributed by atoms with Crippen molar-refractivity contribution < 1.29 is 14.3 Å². The second kappa shape index (κ2) is 5.48. The van der Waals surface area contributed by atoms with E-state index in [1.165, 1.54) is 0 Å². The molecule has 0 aliphatic carbocycles. The highest BCUT2D eigenvalue weighted by molar-refractivity contribution is 6.13. The summed E-state index contributed by atoms with van der Waals surface area (Å²) in [5.41, 5.74) is 1.16. The molecule has 0 saturated carbocycles. The molecule has 2 aromatic carbocycles. The Kier molecular flexibility index (Phi) is 3.39. The first-order valence-electron chi connectivity index (χ1n) is 8.17. The fourth-order valence-electron chi connectivity index (χ4n) is 3.45. The smallest absolute Gasteiger partial charge is 0.325 e. The number of amides is 1. The largest absolute Gasteiger partial charge is 0.409 e. The summed E-state index contributed by atoms with van der Waals surface area (Å²) in [5, 5.41) is 3.21. The number of carbonyl (C=O) groups is 2. The zero-order chi connectivity index (χ0) is 17.6. The quantitative estimate of drug-likeness (QED) is 0.858. The zero-order valence-corrected chi connectivity index (χ0v) is 14.0. The van der Waals surface area contributed by atoms with E-state index in [1.807, 2.05) is 74.5 Å². The molecule has 0 bridgehead atoms. The Labute approximate surface area is 145 Å². The molecule has 1 amide bonds. The highest BCUT2D eigenvalue weighted by atomic mass is 16.6. The lowest BCUT2D eigenvalue weighted by Gasteiger charge is -2.43. The molecule has 4 rings (SSSR count). The Morgan fingerprint density at radius 2 is 1.56 bits per heavy atom. The molecule has 2 aliphatic heterocycles. The summed E-state index contributed by atoms with van der Waals surface area (Å²) in [5.74, 6) is -1.09. The van der Waals surface area contributed by atoms with Crippen molar-refractivity contribution in [2.24, 2.45) is 0 Å². The highest BCUT2D eigenvalue weighted by Crippen LogP contribution is 2.41. The maximum Gasteiger partial charge on any atom is 0.325 e. The lowest BCUT2D eigenvalue weighted by Crippen LogP contribution is -2.61. The van der Waals surface area contributed by atoms with E-state index in [4.69, 9.17) is 4.74 Å². The van der Waals surface area contributed by atoms with E-state index in [-0.39, 0.29) is 11.8 Å². The number of hydrogen-bond donors (Lipinski definition) is 1. The maximum absolute atomic E-state index is 13.3. The van der Waals surface area contributed by atoms with E-state index in [0.717, 1.165) is 11.3 Å². The number of esters is 1. The third-order valence-corrected chi connectivity index (χ3v) is 4.53. The van der Waals surface area contributed by atoms with Gasteiger partial charge in [0.25, 0.3) is 5.91 Å². The SMILES string of the molecule is CC1(C)NC2=C(C(=O)N1c1ccccc1)C(c1ccccc1)C(=O)O2. The average Bonchev–Trinajstić information content (AvgIpc) is 2.91. The number of anilines is 1. The molecule has 2 aromatic rings. The summed E-state index contributed by atoms with van der Waals surface area (Å²) in [6.45, 7) is 3.76. The predicted molar refractivity (Wildman–Crippen MR) is 93.4 cm³/mol. The second-order valence-electron chi connectivity index (χ2n) is 6.67. The van der Waals surface area contributed by atoms with Crippen LogP contribution in [0.25, 0.3) is 0 Å². The Bertz CT molecular complexity index is 872. The Morgan fingerprint density at radius 3 is 2.20 bits per heavy atom. The van der Waals surface area contributed by atoms with E-state index in [9.17, 15) is 9.59 Å². The van der Waals surface area contributed by atoms with Crippen LogP contribution in [0.3, 0.4) is 0 Å². The third kappa shape index (κ3) is 2.39. The van der Waals surface area contributed by atoms with Crippen molar-refractivity contribution in [2.45, 2.75) is 25.4 Å². The minimum absolute atomic E-state index is 0.218. The Balaban J connectivity index is 1.82. The van der Waals surface area contributed by atoms with Gasteiger partial charge in [0.05, 0.1) is 5.57 Å². The van der Waals surface area contributed by atoms with E-state index in [0.29, 0.717) is 5.57 Å². The van der Waals surface area contributed by atoms with Crippen molar-refractivity contribution in [3.63, 3.8) is 0 Å². The van der Waals surface area contributed by atoms with Crippen LogP contribution in [0, 0.1) is 0 Å². The van der Waals surface area contributed by atoms with Crippen LogP contribution in [0.4, 0.5) is 5.69 Å². The van der Waals surface area contributed by atoms with Gasteiger partial charge in [-0.25, -0.2) is 0 Å². The van der Waals surface area contributed by atoms with Gasteiger partial charge in [-0.1, -0.05) is 48.5 Å². The van der Waals surface area contributed by atoms with Crippen LogP contribution in [0.15, 0.2) is 72.1 Å². The van der Waals surface area contributed by atoms with Crippen LogP contribution in [-0.4, -0.2) is 17.5 Å². The van der Waals surface area contributed by atoms with Gasteiger partial charge in [-0.3, -0.25) is 14.5 Å². The molecular formula is C20H18N2O3. The van der Waals surface area contributed by atoms with Crippen molar-refractivity contribution in [3.05, 3.63) is 77.7 Å². The minimum atomic E-state index is -0.719. The van der Waals surface area contributed by atoms with Gasteiger partial charge in [-0.15, -0.1) is 0 Å². The van der Waals surface area contributed by atoms with Gasteiger partial charge < -0.3 is 10.1 Å². The van der Waals surface area contributed by atoms with Crippen LogP contribution in [0.1, 0.15) is 25.3 Å². The van der Waals surface area contributed by atoms with E-state index in [1.54, 1.807) is 4.90 Å². The van der Waals surface area contributed by atoms with Crippen molar-refractivity contribution in [1.82, 2.24) is 5.32 Å². The van der Waals surface area contributed by atoms with Crippen LogP contribution in [0.2, 0.25) is 0 Å². The van der Waals surface area contributed by atoms with Crippen molar-refractivity contribution >= 4 is 17.6 Å². The first-order chi connectivity index (χ1) is 12.0. The molecule has 0 aromatic heterocycles. The number of rotatable bonds is 2. The summed E-state index contributed by atoms with van der Waals surface area (Å²) in [7, 11) is 0. The van der Waals surface area contributed by atoms with Gasteiger partial charge in [0.15, 0.2) is 0 Å². The third-order valence-electron chi connectivity index (χ3n) is 4.53. The summed E-state index contributed by atoms with van der Waals surface area (Å²) in [4.78, 5) is 27.5. The normalized spacial score (nSPS) is 21.7. The Morgan fingerprint density at radius 1 is 0.960 bits per heavy atom.